The van der Waals surface area contributed by atoms with E-state index in [0.717, 1.165) is 44.9 Å². The number of carbonyl (C=O) groups excluding carboxylic acids is 1. The van der Waals surface area contributed by atoms with Crippen molar-refractivity contribution < 1.29 is 19.0 Å². The van der Waals surface area contributed by atoms with Gasteiger partial charge in [-0.15, -0.1) is 0 Å². The Morgan fingerprint density at radius 2 is 1.82 bits per heavy atom. The molecule has 0 saturated heterocycles. The van der Waals surface area contributed by atoms with Crippen molar-refractivity contribution in [3.8, 4) is 0 Å². The molecule has 0 fully saturated rings. The summed E-state index contributed by atoms with van der Waals surface area (Å²) in [5.74, 6) is -0.0766. The fourth-order valence-corrected chi connectivity index (χ4v) is 3.21. The van der Waals surface area contributed by atoms with Gasteiger partial charge < -0.3 is 14.2 Å². The largest absolute Gasteiger partial charge is 0.463 e. The minimum absolute atomic E-state index is 0.00789. The Bertz CT molecular complexity index is 527. The average molecular weight is 393 g/mol. The lowest BCUT2D eigenvalue weighted by atomic mass is 9.87. The van der Waals surface area contributed by atoms with Crippen LogP contribution in [-0.2, 0) is 19.0 Å². The molecular formula is C24H40O4. The Morgan fingerprint density at radius 1 is 1.07 bits per heavy atom. The summed E-state index contributed by atoms with van der Waals surface area (Å²) in [7, 11) is 0. The van der Waals surface area contributed by atoms with Crippen LogP contribution in [0.3, 0.4) is 0 Å². The third-order valence-corrected chi connectivity index (χ3v) is 4.94. The zero-order valence-electron chi connectivity index (χ0n) is 18.4. The summed E-state index contributed by atoms with van der Waals surface area (Å²) in [6.07, 6.45) is 14.1. The standard InChI is InChI=1S/C24H40O4/c1-5-26-16-17-27-18-19-28-24(25)23-14-12-22(13-15-23)11-7-10-21(4)9-6-8-20(2)3/h8,10,12,23H,5-7,9,11,13-19H2,1-4H3/b21-10+. The Labute approximate surface area is 172 Å². The zero-order chi connectivity index (χ0) is 20.6. The molecule has 1 aliphatic rings. The summed E-state index contributed by atoms with van der Waals surface area (Å²) >= 11 is 0. The molecule has 0 aromatic carbocycles. The molecule has 0 aliphatic heterocycles. The first-order valence-corrected chi connectivity index (χ1v) is 10.8. The van der Waals surface area contributed by atoms with Crippen LogP contribution in [0.25, 0.3) is 0 Å². The maximum Gasteiger partial charge on any atom is 0.309 e. The first kappa shape index (κ1) is 24.6. The number of hydrogen-bond donors (Lipinski definition) is 0. The summed E-state index contributed by atoms with van der Waals surface area (Å²) in [6.45, 7) is 11.1. The van der Waals surface area contributed by atoms with Gasteiger partial charge in [-0.2, -0.15) is 0 Å². The lowest BCUT2D eigenvalue weighted by Crippen LogP contribution is -2.22. The van der Waals surface area contributed by atoms with Gasteiger partial charge in [-0.1, -0.05) is 34.9 Å². The Balaban J connectivity index is 2.16. The van der Waals surface area contributed by atoms with E-state index >= 15 is 0 Å². The number of ether oxygens (including phenoxy) is 3. The van der Waals surface area contributed by atoms with E-state index in [1.165, 1.54) is 16.7 Å². The van der Waals surface area contributed by atoms with E-state index in [-0.39, 0.29) is 11.9 Å². The second-order valence-electron chi connectivity index (χ2n) is 7.72. The summed E-state index contributed by atoms with van der Waals surface area (Å²) in [6, 6.07) is 0. The smallest absolute Gasteiger partial charge is 0.309 e. The predicted molar refractivity (Wildman–Crippen MR) is 115 cm³/mol. The van der Waals surface area contributed by atoms with Crippen LogP contribution in [-0.4, -0.2) is 39.0 Å². The molecule has 160 valence electrons. The summed E-state index contributed by atoms with van der Waals surface area (Å²) in [4.78, 5) is 12.1. The lowest BCUT2D eigenvalue weighted by molar-refractivity contribution is -0.150. The first-order valence-electron chi connectivity index (χ1n) is 10.8. The molecule has 4 heteroatoms. The molecule has 4 nitrogen and oxygen atoms in total. The van der Waals surface area contributed by atoms with Crippen molar-refractivity contribution in [3.05, 3.63) is 34.9 Å². The van der Waals surface area contributed by atoms with Gasteiger partial charge in [0, 0.05) is 6.61 Å². The van der Waals surface area contributed by atoms with E-state index in [9.17, 15) is 4.79 Å². The molecular weight excluding hydrogens is 352 g/mol. The van der Waals surface area contributed by atoms with Crippen molar-refractivity contribution >= 4 is 5.97 Å². The summed E-state index contributed by atoms with van der Waals surface area (Å²) in [5.41, 5.74) is 4.35. The minimum atomic E-state index is -0.0845. The van der Waals surface area contributed by atoms with Crippen molar-refractivity contribution in [1.82, 2.24) is 0 Å². The van der Waals surface area contributed by atoms with E-state index in [1.54, 1.807) is 0 Å². The fourth-order valence-electron chi connectivity index (χ4n) is 3.21. The van der Waals surface area contributed by atoms with Gasteiger partial charge in [-0.05, 0) is 72.6 Å². The van der Waals surface area contributed by atoms with Gasteiger partial charge in [-0.3, -0.25) is 4.79 Å². The van der Waals surface area contributed by atoms with Crippen LogP contribution in [0.4, 0.5) is 0 Å². The quantitative estimate of drug-likeness (QED) is 0.213. The van der Waals surface area contributed by atoms with E-state index in [0.29, 0.717) is 33.0 Å². The number of allylic oxidation sites excluding steroid dienone is 6. The molecule has 1 atom stereocenters. The summed E-state index contributed by atoms with van der Waals surface area (Å²) in [5, 5.41) is 0. The number of carbonyl (C=O) groups is 1. The van der Waals surface area contributed by atoms with E-state index in [1.807, 2.05) is 6.92 Å². The first-order chi connectivity index (χ1) is 13.5. The Hall–Kier alpha value is -1.39. The Kier molecular flexibility index (Phi) is 13.7. The van der Waals surface area contributed by atoms with Gasteiger partial charge in [0.15, 0.2) is 0 Å². The Morgan fingerprint density at radius 3 is 2.50 bits per heavy atom. The molecule has 28 heavy (non-hydrogen) atoms. The van der Waals surface area contributed by atoms with Gasteiger partial charge in [0.25, 0.3) is 0 Å². The maximum absolute atomic E-state index is 12.1. The van der Waals surface area contributed by atoms with Crippen LogP contribution in [0.15, 0.2) is 34.9 Å². The normalized spacial score (nSPS) is 17.2. The highest BCUT2D eigenvalue weighted by Crippen LogP contribution is 2.27. The summed E-state index contributed by atoms with van der Waals surface area (Å²) < 4.78 is 15.9. The number of hydrogen-bond acceptors (Lipinski definition) is 4. The molecule has 0 heterocycles. The lowest BCUT2D eigenvalue weighted by Gasteiger charge is -2.20. The molecule has 0 bridgehead atoms. The van der Waals surface area contributed by atoms with Crippen molar-refractivity contribution in [3.63, 3.8) is 0 Å². The van der Waals surface area contributed by atoms with Crippen LogP contribution in [0.5, 0.6) is 0 Å². The van der Waals surface area contributed by atoms with Crippen LogP contribution in [0.2, 0.25) is 0 Å². The van der Waals surface area contributed by atoms with Crippen LogP contribution in [0, 0.1) is 5.92 Å². The topological polar surface area (TPSA) is 44.8 Å². The molecule has 1 rings (SSSR count). The van der Waals surface area contributed by atoms with Gasteiger partial charge >= 0.3 is 5.97 Å². The monoisotopic (exact) mass is 392 g/mol. The highest BCUT2D eigenvalue weighted by Gasteiger charge is 2.22. The van der Waals surface area contributed by atoms with Crippen molar-refractivity contribution in [1.29, 1.82) is 0 Å². The number of rotatable bonds is 14. The molecule has 0 N–H and O–H groups in total. The predicted octanol–water partition coefficient (Wildman–Crippen LogP) is 5.78. The molecule has 1 unspecified atom stereocenters. The minimum Gasteiger partial charge on any atom is -0.463 e. The van der Waals surface area contributed by atoms with E-state index < -0.39 is 0 Å². The maximum atomic E-state index is 12.1. The van der Waals surface area contributed by atoms with E-state index in [4.69, 9.17) is 14.2 Å². The van der Waals surface area contributed by atoms with Crippen molar-refractivity contribution in [2.75, 3.05) is 33.0 Å². The third kappa shape index (κ3) is 12.1. The highest BCUT2D eigenvalue weighted by molar-refractivity contribution is 5.72. The van der Waals surface area contributed by atoms with Gasteiger partial charge in [-0.25, -0.2) is 0 Å². The van der Waals surface area contributed by atoms with Gasteiger partial charge in [0.05, 0.1) is 25.7 Å². The fraction of sp³-hybridized carbons (Fsp3) is 0.708. The molecule has 1 aliphatic carbocycles. The molecule has 0 saturated carbocycles. The van der Waals surface area contributed by atoms with Gasteiger partial charge in [0.2, 0.25) is 0 Å². The van der Waals surface area contributed by atoms with Crippen molar-refractivity contribution in [2.45, 2.75) is 72.6 Å². The molecule has 0 aromatic rings. The zero-order valence-corrected chi connectivity index (χ0v) is 18.4. The molecule has 0 radical (unpaired) electrons. The van der Waals surface area contributed by atoms with Crippen LogP contribution < -0.4 is 0 Å². The number of esters is 1. The molecule has 0 spiro atoms. The van der Waals surface area contributed by atoms with E-state index in [2.05, 4.69) is 39.0 Å². The van der Waals surface area contributed by atoms with Gasteiger partial charge in [0.1, 0.15) is 6.61 Å². The highest BCUT2D eigenvalue weighted by atomic mass is 16.6. The second kappa shape index (κ2) is 15.5. The van der Waals surface area contributed by atoms with Crippen LogP contribution in [0.1, 0.15) is 72.6 Å². The third-order valence-electron chi connectivity index (χ3n) is 4.94. The molecule has 0 aromatic heterocycles. The van der Waals surface area contributed by atoms with Crippen molar-refractivity contribution in [2.24, 2.45) is 5.92 Å². The molecule has 0 amide bonds. The second-order valence-corrected chi connectivity index (χ2v) is 7.72. The van der Waals surface area contributed by atoms with Crippen LogP contribution >= 0.6 is 0 Å². The SMILES string of the molecule is CCOCCOCCOC(=O)C1CC=C(CC/C=C(\C)CCC=C(C)C)CC1. The average Bonchev–Trinajstić information content (AvgIpc) is 2.67.